The largest absolute Gasteiger partial charge is 0.388 e. The lowest BCUT2D eigenvalue weighted by Crippen LogP contribution is -2.46. The second-order valence-corrected chi connectivity index (χ2v) is 4.22. The Morgan fingerprint density at radius 2 is 2.18 bits per heavy atom. The average Bonchev–Trinajstić information content (AvgIpc) is 2.44. The van der Waals surface area contributed by atoms with E-state index in [-0.39, 0.29) is 0 Å². The summed E-state index contributed by atoms with van der Waals surface area (Å²) in [4.78, 5) is 0. The van der Waals surface area contributed by atoms with Gasteiger partial charge < -0.3 is 10.8 Å². The van der Waals surface area contributed by atoms with Gasteiger partial charge in [-0.15, -0.1) is 0 Å². The van der Waals surface area contributed by atoms with E-state index < -0.39 is 5.60 Å². The molecule has 2 saturated carbocycles. The van der Waals surface area contributed by atoms with Crippen molar-refractivity contribution in [3.8, 4) is 0 Å². The molecule has 0 aromatic rings. The molecule has 0 amide bonds. The molecule has 2 aliphatic carbocycles. The molecule has 3 unspecified atom stereocenters. The van der Waals surface area contributed by atoms with Gasteiger partial charge in [-0.2, -0.15) is 0 Å². The fraction of sp³-hybridized carbons (Fsp3) is 1.00. The SMILES string of the molecule is NCC1(O)CCC2CCC1C2. The maximum Gasteiger partial charge on any atom is 0.0797 e. The predicted molar refractivity (Wildman–Crippen MR) is 44.1 cm³/mol. The average molecular weight is 155 g/mol. The summed E-state index contributed by atoms with van der Waals surface area (Å²) >= 11 is 0. The van der Waals surface area contributed by atoms with Crippen LogP contribution in [-0.2, 0) is 0 Å². The van der Waals surface area contributed by atoms with Crippen molar-refractivity contribution in [2.24, 2.45) is 17.6 Å². The highest BCUT2D eigenvalue weighted by Gasteiger charge is 2.44. The molecule has 2 rings (SSSR count). The van der Waals surface area contributed by atoms with Crippen LogP contribution in [0.15, 0.2) is 0 Å². The Morgan fingerprint density at radius 1 is 1.36 bits per heavy atom. The van der Waals surface area contributed by atoms with Crippen LogP contribution >= 0.6 is 0 Å². The summed E-state index contributed by atoms with van der Waals surface area (Å²) < 4.78 is 0. The molecule has 2 bridgehead atoms. The molecule has 2 aliphatic rings. The minimum absolute atomic E-state index is 0.463. The molecule has 0 aliphatic heterocycles. The zero-order valence-electron chi connectivity index (χ0n) is 6.92. The Morgan fingerprint density at radius 3 is 2.91 bits per heavy atom. The van der Waals surface area contributed by atoms with Crippen molar-refractivity contribution in [3.05, 3.63) is 0 Å². The van der Waals surface area contributed by atoms with E-state index in [1.807, 2.05) is 0 Å². The summed E-state index contributed by atoms with van der Waals surface area (Å²) in [6.45, 7) is 0.463. The van der Waals surface area contributed by atoms with Gasteiger partial charge in [-0.05, 0) is 37.5 Å². The molecule has 3 N–H and O–H groups in total. The first-order chi connectivity index (χ1) is 5.24. The van der Waals surface area contributed by atoms with Gasteiger partial charge in [0.2, 0.25) is 0 Å². The smallest absolute Gasteiger partial charge is 0.0797 e. The number of hydrogen-bond acceptors (Lipinski definition) is 2. The van der Waals surface area contributed by atoms with Gasteiger partial charge in [0.25, 0.3) is 0 Å². The monoisotopic (exact) mass is 155 g/mol. The highest BCUT2D eigenvalue weighted by atomic mass is 16.3. The third-order valence-electron chi connectivity index (χ3n) is 3.64. The normalized spacial score (nSPS) is 49.6. The van der Waals surface area contributed by atoms with Crippen LogP contribution in [0.5, 0.6) is 0 Å². The Balaban J connectivity index is 2.12. The zero-order chi connectivity index (χ0) is 7.90. The Hall–Kier alpha value is -0.0800. The summed E-state index contributed by atoms with van der Waals surface area (Å²) in [6, 6.07) is 0. The van der Waals surface area contributed by atoms with Crippen molar-refractivity contribution in [1.29, 1.82) is 0 Å². The number of nitrogens with two attached hydrogens (primary N) is 1. The van der Waals surface area contributed by atoms with Crippen molar-refractivity contribution in [1.82, 2.24) is 0 Å². The summed E-state index contributed by atoms with van der Waals surface area (Å²) in [6.07, 6.45) is 5.90. The first kappa shape index (κ1) is 7.56. The lowest BCUT2D eigenvalue weighted by atomic mass is 9.76. The van der Waals surface area contributed by atoms with E-state index >= 15 is 0 Å². The highest BCUT2D eigenvalue weighted by Crippen LogP contribution is 2.46. The molecule has 0 heterocycles. The highest BCUT2D eigenvalue weighted by molar-refractivity contribution is 4.97. The number of rotatable bonds is 1. The molecule has 0 radical (unpaired) electrons. The number of hydrogen-bond donors (Lipinski definition) is 2. The standard InChI is InChI=1S/C9H17NO/c10-6-9(11)4-3-7-1-2-8(9)5-7/h7-8,11H,1-6,10H2. The molecular formula is C9H17NO. The summed E-state index contributed by atoms with van der Waals surface area (Å²) in [5.74, 6) is 1.43. The molecule has 2 fully saturated rings. The van der Waals surface area contributed by atoms with Gasteiger partial charge in [-0.1, -0.05) is 6.42 Å². The molecule has 3 atom stereocenters. The van der Waals surface area contributed by atoms with Crippen LogP contribution in [0.25, 0.3) is 0 Å². The maximum atomic E-state index is 10.0. The fourth-order valence-corrected chi connectivity index (χ4v) is 2.75. The van der Waals surface area contributed by atoms with Crippen molar-refractivity contribution in [3.63, 3.8) is 0 Å². The lowest BCUT2D eigenvalue weighted by Gasteiger charge is -2.36. The molecule has 0 spiro atoms. The van der Waals surface area contributed by atoms with Gasteiger partial charge in [0.1, 0.15) is 0 Å². The van der Waals surface area contributed by atoms with Crippen LogP contribution < -0.4 is 5.73 Å². The van der Waals surface area contributed by atoms with Crippen LogP contribution in [0.4, 0.5) is 0 Å². The van der Waals surface area contributed by atoms with E-state index in [1.165, 1.54) is 25.7 Å². The quantitative estimate of drug-likeness (QED) is 0.590. The number of aliphatic hydroxyl groups is 1. The van der Waals surface area contributed by atoms with Crippen LogP contribution in [0.1, 0.15) is 32.1 Å². The first-order valence-electron chi connectivity index (χ1n) is 4.67. The van der Waals surface area contributed by atoms with Gasteiger partial charge in [0.05, 0.1) is 5.60 Å². The van der Waals surface area contributed by atoms with Crippen molar-refractivity contribution in [2.75, 3.05) is 6.54 Å². The molecule has 0 aromatic carbocycles. The number of fused-ring (bicyclic) bond motifs is 2. The van der Waals surface area contributed by atoms with Crippen LogP contribution in [0, 0.1) is 11.8 Å². The maximum absolute atomic E-state index is 10.0. The van der Waals surface area contributed by atoms with Crippen molar-refractivity contribution >= 4 is 0 Å². The summed E-state index contributed by atoms with van der Waals surface area (Å²) in [7, 11) is 0. The minimum Gasteiger partial charge on any atom is -0.388 e. The van der Waals surface area contributed by atoms with E-state index in [9.17, 15) is 5.11 Å². The third kappa shape index (κ3) is 1.09. The predicted octanol–water partition coefficient (Wildman–Crippen LogP) is 0.886. The van der Waals surface area contributed by atoms with Crippen molar-refractivity contribution in [2.45, 2.75) is 37.7 Å². The van der Waals surface area contributed by atoms with E-state index in [0.717, 1.165) is 12.3 Å². The van der Waals surface area contributed by atoms with E-state index in [0.29, 0.717) is 12.5 Å². The summed E-state index contributed by atoms with van der Waals surface area (Å²) in [5, 5.41) is 10.0. The van der Waals surface area contributed by atoms with Gasteiger partial charge in [0, 0.05) is 6.54 Å². The Kier molecular flexibility index (Phi) is 1.69. The van der Waals surface area contributed by atoms with Crippen LogP contribution in [0.3, 0.4) is 0 Å². The molecule has 0 saturated heterocycles. The molecule has 2 heteroatoms. The molecule has 11 heavy (non-hydrogen) atoms. The Labute approximate surface area is 67.8 Å². The lowest BCUT2D eigenvalue weighted by molar-refractivity contribution is -0.0340. The van der Waals surface area contributed by atoms with E-state index in [1.54, 1.807) is 0 Å². The van der Waals surface area contributed by atoms with E-state index in [2.05, 4.69) is 0 Å². The van der Waals surface area contributed by atoms with E-state index in [4.69, 9.17) is 5.73 Å². The Bertz CT molecular complexity index is 160. The zero-order valence-corrected chi connectivity index (χ0v) is 6.92. The van der Waals surface area contributed by atoms with Crippen molar-refractivity contribution < 1.29 is 5.11 Å². The third-order valence-corrected chi connectivity index (χ3v) is 3.64. The molecule has 0 aromatic heterocycles. The molecule has 2 nitrogen and oxygen atoms in total. The minimum atomic E-state index is -0.493. The molecular weight excluding hydrogens is 138 g/mol. The first-order valence-corrected chi connectivity index (χ1v) is 4.67. The van der Waals surface area contributed by atoms with Gasteiger partial charge in [-0.25, -0.2) is 0 Å². The fourth-order valence-electron chi connectivity index (χ4n) is 2.75. The summed E-state index contributed by atoms with van der Waals surface area (Å²) in [5.41, 5.74) is 5.08. The second-order valence-electron chi connectivity index (χ2n) is 4.22. The van der Waals surface area contributed by atoms with Gasteiger partial charge >= 0.3 is 0 Å². The van der Waals surface area contributed by atoms with Crippen LogP contribution in [-0.4, -0.2) is 17.3 Å². The van der Waals surface area contributed by atoms with Gasteiger partial charge in [-0.3, -0.25) is 0 Å². The van der Waals surface area contributed by atoms with Crippen LogP contribution in [0.2, 0.25) is 0 Å². The molecule has 64 valence electrons. The topological polar surface area (TPSA) is 46.2 Å². The second kappa shape index (κ2) is 2.46. The van der Waals surface area contributed by atoms with Gasteiger partial charge in [0.15, 0.2) is 0 Å².